The van der Waals surface area contributed by atoms with Crippen molar-refractivity contribution < 1.29 is 19.1 Å². The van der Waals surface area contributed by atoms with E-state index in [0.717, 1.165) is 37.6 Å². The minimum absolute atomic E-state index is 0.158. The first-order valence-electron chi connectivity index (χ1n) is 12.7. The van der Waals surface area contributed by atoms with Crippen LogP contribution in [0.4, 0.5) is 0 Å². The normalized spacial score (nSPS) is 21.9. The molecule has 2 amide bonds. The third kappa shape index (κ3) is 6.86. The number of carbonyl (C=O) groups excluding carboxylic acids is 2. The Labute approximate surface area is 208 Å². The summed E-state index contributed by atoms with van der Waals surface area (Å²) in [5.74, 6) is 1.87. The zero-order chi connectivity index (χ0) is 24.0. The van der Waals surface area contributed by atoms with Crippen LogP contribution in [-0.4, -0.2) is 92.1 Å². The summed E-state index contributed by atoms with van der Waals surface area (Å²) in [7, 11) is 0. The molecule has 3 aliphatic rings. The standard InChI is InChI=1S/C26H38ClN3O4/c1-21-6-10-28(11-7-21)19-25(32)29-12-8-26(9-13-29,18-24(31)30-14-16-33-17-15-30)20-34-23-4-2-22(27)3-5-23/h2-5,21H,6-20H2,1H3. The number of likely N-dealkylation sites (tertiary alicyclic amines) is 2. The second-order valence-corrected chi connectivity index (χ2v) is 10.7. The van der Waals surface area contributed by atoms with Gasteiger partial charge in [0.1, 0.15) is 5.75 Å². The van der Waals surface area contributed by atoms with Crippen LogP contribution in [0.15, 0.2) is 24.3 Å². The van der Waals surface area contributed by atoms with Gasteiger partial charge in [-0.25, -0.2) is 0 Å². The lowest BCUT2D eigenvalue weighted by molar-refractivity contribution is -0.141. The second-order valence-electron chi connectivity index (χ2n) is 10.3. The van der Waals surface area contributed by atoms with E-state index in [2.05, 4.69) is 11.8 Å². The van der Waals surface area contributed by atoms with Gasteiger partial charge in [0.25, 0.3) is 0 Å². The molecular formula is C26H38ClN3O4. The van der Waals surface area contributed by atoms with Gasteiger partial charge in [-0.3, -0.25) is 14.5 Å². The summed E-state index contributed by atoms with van der Waals surface area (Å²) in [6.07, 6.45) is 4.30. The van der Waals surface area contributed by atoms with Crippen molar-refractivity contribution in [1.82, 2.24) is 14.7 Å². The number of piperidine rings is 2. The predicted molar refractivity (Wildman–Crippen MR) is 132 cm³/mol. The van der Waals surface area contributed by atoms with E-state index in [1.165, 1.54) is 12.8 Å². The number of nitrogens with zero attached hydrogens (tertiary/aromatic N) is 3. The van der Waals surface area contributed by atoms with Gasteiger partial charge in [-0.2, -0.15) is 0 Å². The van der Waals surface area contributed by atoms with Crippen molar-refractivity contribution in [2.75, 3.05) is 65.6 Å². The van der Waals surface area contributed by atoms with Crippen LogP contribution in [-0.2, 0) is 14.3 Å². The van der Waals surface area contributed by atoms with Crippen LogP contribution in [0.25, 0.3) is 0 Å². The third-order valence-corrected chi connectivity index (χ3v) is 7.91. The molecule has 1 aromatic carbocycles. The minimum atomic E-state index is -0.285. The van der Waals surface area contributed by atoms with E-state index in [1.807, 2.05) is 34.1 Å². The lowest BCUT2D eigenvalue weighted by Crippen LogP contribution is -2.51. The van der Waals surface area contributed by atoms with E-state index in [-0.39, 0.29) is 17.2 Å². The molecule has 0 aliphatic carbocycles. The Morgan fingerprint density at radius 3 is 2.24 bits per heavy atom. The Morgan fingerprint density at radius 1 is 0.971 bits per heavy atom. The van der Waals surface area contributed by atoms with Gasteiger partial charge in [0, 0.05) is 43.0 Å². The van der Waals surface area contributed by atoms with E-state index in [9.17, 15) is 9.59 Å². The van der Waals surface area contributed by atoms with Crippen molar-refractivity contribution in [3.05, 3.63) is 29.3 Å². The summed E-state index contributed by atoms with van der Waals surface area (Å²) in [6.45, 7) is 9.08. The first kappa shape index (κ1) is 25.3. The zero-order valence-electron chi connectivity index (χ0n) is 20.3. The molecule has 0 unspecified atom stereocenters. The lowest BCUT2D eigenvalue weighted by atomic mass is 9.75. The highest BCUT2D eigenvalue weighted by Gasteiger charge is 2.40. The van der Waals surface area contributed by atoms with Crippen LogP contribution in [0.2, 0.25) is 5.02 Å². The number of rotatable bonds is 7. The fraction of sp³-hybridized carbons (Fsp3) is 0.692. The average Bonchev–Trinajstić information content (AvgIpc) is 2.86. The van der Waals surface area contributed by atoms with Gasteiger partial charge in [-0.1, -0.05) is 18.5 Å². The van der Waals surface area contributed by atoms with E-state index in [1.54, 1.807) is 0 Å². The molecule has 0 N–H and O–H groups in total. The maximum atomic E-state index is 13.1. The molecule has 4 rings (SSSR count). The topological polar surface area (TPSA) is 62.3 Å². The fourth-order valence-corrected chi connectivity index (χ4v) is 5.25. The molecular weight excluding hydrogens is 454 g/mol. The molecule has 3 aliphatic heterocycles. The number of hydrogen-bond donors (Lipinski definition) is 0. The summed E-state index contributed by atoms with van der Waals surface area (Å²) in [5.41, 5.74) is -0.285. The van der Waals surface area contributed by atoms with Crippen molar-refractivity contribution >= 4 is 23.4 Å². The van der Waals surface area contributed by atoms with E-state index >= 15 is 0 Å². The van der Waals surface area contributed by atoms with Crippen LogP contribution in [0.5, 0.6) is 5.75 Å². The number of ether oxygens (including phenoxy) is 2. The molecule has 7 nitrogen and oxygen atoms in total. The molecule has 0 saturated carbocycles. The molecule has 0 bridgehead atoms. The van der Waals surface area contributed by atoms with Crippen molar-refractivity contribution in [3.8, 4) is 5.75 Å². The highest BCUT2D eigenvalue weighted by molar-refractivity contribution is 6.30. The highest BCUT2D eigenvalue weighted by Crippen LogP contribution is 2.37. The SMILES string of the molecule is CC1CCN(CC(=O)N2CCC(COc3ccc(Cl)cc3)(CC(=O)N3CCOCC3)CC2)CC1. The summed E-state index contributed by atoms with van der Waals surface area (Å²) in [5, 5.41) is 0.666. The Hall–Kier alpha value is -1.83. The molecule has 3 saturated heterocycles. The monoisotopic (exact) mass is 491 g/mol. The first-order valence-corrected chi connectivity index (χ1v) is 13.0. The molecule has 0 spiro atoms. The van der Waals surface area contributed by atoms with Crippen molar-refractivity contribution in [3.63, 3.8) is 0 Å². The number of amides is 2. The van der Waals surface area contributed by atoms with E-state index in [0.29, 0.717) is 64.0 Å². The van der Waals surface area contributed by atoms with Gasteiger partial charge >= 0.3 is 0 Å². The summed E-state index contributed by atoms with van der Waals surface area (Å²) in [6, 6.07) is 7.34. The quantitative estimate of drug-likeness (QED) is 0.585. The molecule has 8 heteroatoms. The van der Waals surface area contributed by atoms with Crippen molar-refractivity contribution in [2.24, 2.45) is 11.3 Å². The molecule has 0 radical (unpaired) electrons. The Morgan fingerprint density at radius 2 is 1.59 bits per heavy atom. The number of benzene rings is 1. The van der Waals surface area contributed by atoms with E-state index < -0.39 is 0 Å². The largest absolute Gasteiger partial charge is 0.493 e. The summed E-state index contributed by atoms with van der Waals surface area (Å²) >= 11 is 6.01. The average molecular weight is 492 g/mol. The maximum Gasteiger partial charge on any atom is 0.236 e. The second kappa shape index (κ2) is 11.7. The maximum absolute atomic E-state index is 13.1. The Bertz CT molecular complexity index is 812. The van der Waals surface area contributed by atoms with Crippen LogP contribution in [0.3, 0.4) is 0 Å². The van der Waals surface area contributed by atoms with Crippen LogP contribution < -0.4 is 4.74 Å². The third-order valence-electron chi connectivity index (χ3n) is 7.66. The van der Waals surface area contributed by atoms with Crippen LogP contribution in [0.1, 0.15) is 39.0 Å². The molecule has 0 aromatic heterocycles. The molecule has 188 valence electrons. The molecule has 3 heterocycles. The number of halogens is 1. The Kier molecular flexibility index (Phi) is 8.72. The van der Waals surface area contributed by atoms with Crippen molar-refractivity contribution in [2.45, 2.75) is 39.0 Å². The molecule has 3 fully saturated rings. The van der Waals surface area contributed by atoms with Gasteiger partial charge in [0.15, 0.2) is 0 Å². The summed E-state index contributed by atoms with van der Waals surface area (Å²) in [4.78, 5) is 32.3. The molecule has 34 heavy (non-hydrogen) atoms. The molecule has 0 atom stereocenters. The van der Waals surface area contributed by atoms with Gasteiger partial charge in [-0.15, -0.1) is 0 Å². The van der Waals surface area contributed by atoms with Gasteiger partial charge in [0.2, 0.25) is 11.8 Å². The zero-order valence-corrected chi connectivity index (χ0v) is 21.1. The Balaban J connectivity index is 1.36. The van der Waals surface area contributed by atoms with E-state index in [4.69, 9.17) is 21.1 Å². The van der Waals surface area contributed by atoms with Crippen molar-refractivity contribution in [1.29, 1.82) is 0 Å². The van der Waals surface area contributed by atoms with Crippen LogP contribution in [0, 0.1) is 11.3 Å². The van der Waals surface area contributed by atoms with Gasteiger partial charge in [-0.05, 0) is 69.0 Å². The first-order chi connectivity index (χ1) is 16.4. The molecule has 1 aromatic rings. The lowest BCUT2D eigenvalue weighted by Gasteiger charge is -2.43. The number of hydrogen-bond acceptors (Lipinski definition) is 5. The number of morpholine rings is 1. The summed E-state index contributed by atoms with van der Waals surface area (Å²) < 4.78 is 11.6. The van der Waals surface area contributed by atoms with Gasteiger partial charge < -0.3 is 19.3 Å². The predicted octanol–water partition coefficient (Wildman–Crippen LogP) is 3.31. The van der Waals surface area contributed by atoms with Gasteiger partial charge in [0.05, 0.1) is 26.4 Å². The smallest absolute Gasteiger partial charge is 0.236 e. The highest BCUT2D eigenvalue weighted by atomic mass is 35.5. The number of carbonyl (C=O) groups is 2. The van der Waals surface area contributed by atoms with Crippen LogP contribution >= 0.6 is 11.6 Å². The minimum Gasteiger partial charge on any atom is -0.493 e. The fourth-order valence-electron chi connectivity index (χ4n) is 5.13.